The largest absolute Gasteiger partial charge is 0.465 e. The molecule has 0 aliphatic carbocycles. The summed E-state index contributed by atoms with van der Waals surface area (Å²) in [7, 11) is 0. The highest BCUT2D eigenvalue weighted by molar-refractivity contribution is 5.91. The van der Waals surface area contributed by atoms with Crippen molar-refractivity contribution in [3.63, 3.8) is 0 Å². The average molecular weight is 457 g/mol. The topological polar surface area (TPSA) is 203 Å². The Kier molecular flexibility index (Phi) is 8.38. The number of hydrogen-bond acceptors (Lipinski definition) is 7. The second-order valence-electron chi connectivity index (χ2n) is 8.29. The van der Waals surface area contributed by atoms with Gasteiger partial charge in [0.25, 0.3) is 5.91 Å². The Morgan fingerprint density at radius 2 is 1.59 bits per heavy atom. The van der Waals surface area contributed by atoms with Gasteiger partial charge in [0.05, 0.1) is 18.0 Å². The van der Waals surface area contributed by atoms with Crippen molar-refractivity contribution >= 4 is 29.7 Å². The molecule has 0 bridgehead atoms. The average Bonchev–Trinajstić information content (AvgIpc) is 3.40. The first kappa shape index (κ1) is 25.3. The predicted octanol–water partition coefficient (Wildman–Crippen LogP) is -2.81. The van der Waals surface area contributed by atoms with Gasteiger partial charge in [0.2, 0.25) is 17.7 Å². The highest BCUT2D eigenvalue weighted by Gasteiger charge is 2.42. The lowest BCUT2D eigenvalue weighted by molar-refractivity contribution is -0.149. The molecule has 2 aliphatic heterocycles. The van der Waals surface area contributed by atoms with Gasteiger partial charge in [-0.15, -0.1) is 0 Å². The van der Waals surface area contributed by atoms with Crippen molar-refractivity contribution in [1.82, 2.24) is 20.4 Å². The Hall–Kier alpha value is -2.93. The molecule has 180 valence electrons. The number of aliphatic hydroxyl groups is 2. The number of carbonyl (C=O) groups excluding carboxylic acids is 4. The number of nitrogens with zero attached hydrogens (tertiary/aromatic N) is 2. The van der Waals surface area contributed by atoms with Crippen LogP contribution in [-0.4, -0.2) is 105 Å². The first-order valence-corrected chi connectivity index (χ1v) is 10.5. The molecule has 7 N–H and O–H groups in total. The number of aliphatic hydroxyl groups excluding tert-OH is 2. The molecule has 0 saturated carbocycles. The van der Waals surface area contributed by atoms with Crippen LogP contribution < -0.4 is 16.4 Å². The van der Waals surface area contributed by atoms with E-state index in [2.05, 4.69) is 5.32 Å². The molecule has 2 aliphatic rings. The van der Waals surface area contributed by atoms with Crippen molar-refractivity contribution in [3.8, 4) is 0 Å². The van der Waals surface area contributed by atoms with Crippen molar-refractivity contribution < 1.29 is 39.3 Å². The van der Waals surface area contributed by atoms with E-state index in [4.69, 9.17) is 10.8 Å². The Bertz CT molecular complexity index is 762. The van der Waals surface area contributed by atoms with E-state index in [-0.39, 0.29) is 19.0 Å². The van der Waals surface area contributed by atoms with Crippen molar-refractivity contribution in [2.45, 2.75) is 63.4 Å². The lowest BCUT2D eigenvalue weighted by Gasteiger charge is -2.30. The van der Waals surface area contributed by atoms with Crippen molar-refractivity contribution in [1.29, 1.82) is 0 Å². The second kappa shape index (κ2) is 10.6. The van der Waals surface area contributed by atoms with Crippen LogP contribution in [0.3, 0.4) is 0 Å². The fourth-order valence-electron chi connectivity index (χ4n) is 4.00. The van der Waals surface area contributed by atoms with Gasteiger partial charge < -0.3 is 41.5 Å². The van der Waals surface area contributed by atoms with Crippen LogP contribution in [0.25, 0.3) is 0 Å². The zero-order chi connectivity index (χ0) is 24.2. The number of carboxylic acid groups (broad SMARTS) is 1. The summed E-state index contributed by atoms with van der Waals surface area (Å²) in [5.41, 5.74) is 5.02. The van der Waals surface area contributed by atoms with Crippen LogP contribution in [0.2, 0.25) is 0 Å². The summed E-state index contributed by atoms with van der Waals surface area (Å²) >= 11 is 0. The molecule has 0 aromatic carbocycles. The SMILES string of the molecule is C[C@H](NC(=O)[C@@H]1CCN(C(=O)[C@H]2CCCN2C(=O)[C@H](O)[C@H](C)NC(=O)O)C1)[C@@H](O)C(N)=O. The van der Waals surface area contributed by atoms with Crippen molar-refractivity contribution in [2.24, 2.45) is 11.7 Å². The van der Waals surface area contributed by atoms with Gasteiger partial charge in [-0.1, -0.05) is 0 Å². The molecule has 13 nitrogen and oxygen atoms in total. The highest BCUT2D eigenvalue weighted by Crippen LogP contribution is 2.25. The summed E-state index contributed by atoms with van der Waals surface area (Å²) in [5.74, 6) is -3.00. The van der Waals surface area contributed by atoms with Crippen LogP contribution in [0.1, 0.15) is 33.1 Å². The minimum atomic E-state index is -1.63. The van der Waals surface area contributed by atoms with Gasteiger partial charge >= 0.3 is 6.09 Å². The summed E-state index contributed by atoms with van der Waals surface area (Å²) in [4.78, 5) is 62.6. The molecule has 2 heterocycles. The molecule has 0 radical (unpaired) electrons. The summed E-state index contributed by atoms with van der Waals surface area (Å²) in [5, 5.41) is 33.1. The van der Waals surface area contributed by atoms with E-state index in [0.29, 0.717) is 25.8 Å². The minimum Gasteiger partial charge on any atom is -0.465 e. The molecule has 6 atom stereocenters. The van der Waals surface area contributed by atoms with E-state index in [0.717, 1.165) is 0 Å². The first-order chi connectivity index (χ1) is 14.9. The lowest BCUT2D eigenvalue weighted by Crippen LogP contribution is -2.54. The van der Waals surface area contributed by atoms with Crippen molar-refractivity contribution in [3.05, 3.63) is 0 Å². The van der Waals surface area contributed by atoms with Gasteiger partial charge in [0.15, 0.2) is 12.2 Å². The van der Waals surface area contributed by atoms with Gasteiger partial charge in [-0.2, -0.15) is 0 Å². The van der Waals surface area contributed by atoms with Gasteiger partial charge in [-0.05, 0) is 33.1 Å². The summed E-state index contributed by atoms with van der Waals surface area (Å²) < 4.78 is 0. The van der Waals surface area contributed by atoms with Gasteiger partial charge in [-0.3, -0.25) is 19.2 Å². The maximum Gasteiger partial charge on any atom is 0.404 e. The third-order valence-corrected chi connectivity index (χ3v) is 5.90. The predicted molar refractivity (Wildman–Crippen MR) is 109 cm³/mol. The van der Waals surface area contributed by atoms with E-state index in [1.807, 2.05) is 5.32 Å². The smallest absolute Gasteiger partial charge is 0.404 e. The zero-order valence-corrected chi connectivity index (χ0v) is 18.1. The van der Waals surface area contributed by atoms with Crippen molar-refractivity contribution in [2.75, 3.05) is 19.6 Å². The Balaban J connectivity index is 1.96. The number of nitrogens with two attached hydrogens (primary N) is 1. The molecule has 0 unspecified atom stereocenters. The van der Waals surface area contributed by atoms with Crippen LogP contribution in [0.15, 0.2) is 0 Å². The van der Waals surface area contributed by atoms with Gasteiger partial charge in [-0.25, -0.2) is 4.79 Å². The van der Waals surface area contributed by atoms with Crippen LogP contribution in [-0.2, 0) is 19.2 Å². The van der Waals surface area contributed by atoms with E-state index in [1.54, 1.807) is 0 Å². The van der Waals surface area contributed by atoms with Gasteiger partial charge in [0.1, 0.15) is 6.04 Å². The van der Waals surface area contributed by atoms with E-state index in [1.165, 1.54) is 23.6 Å². The first-order valence-electron chi connectivity index (χ1n) is 10.5. The molecule has 5 amide bonds. The third-order valence-electron chi connectivity index (χ3n) is 5.90. The number of carbonyl (C=O) groups is 5. The molecule has 2 fully saturated rings. The molecule has 0 spiro atoms. The molecular weight excluding hydrogens is 426 g/mol. The standard InChI is InChI=1S/C19H31N5O8/c1-9(13(25)15(20)27)21-16(28)11-5-7-23(8-11)17(29)12-4-3-6-24(12)18(30)14(26)10(2)22-19(31)32/h9-14,22,25-26H,3-8H2,1-2H3,(H2,20,27)(H,21,28)(H,31,32)/t9-,10-,11+,12+,13+,14+/m0/s1. The fourth-order valence-corrected chi connectivity index (χ4v) is 4.00. The molecule has 2 rings (SSSR count). The molecular formula is C19H31N5O8. The molecule has 0 aromatic rings. The summed E-state index contributed by atoms with van der Waals surface area (Å²) in [6.07, 6.45) is -3.21. The van der Waals surface area contributed by atoms with E-state index >= 15 is 0 Å². The van der Waals surface area contributed by atoms with E-state index in [9.17, 15) is 34.2 Å². The Morgan fingerprint density at radius 1 is 0.969 bits per heavy atom. The maximum absolute atomic E-state index is 13.0. The normalized spacial score (nSPS) is 24.4. The summed E-state index contributed by atoms with van der Waals surface area (Å²) in [6.45, 7) is 3.46. The van der Waals surface area contributed by atoms with Crippen LogP contribution in [0.5, 0.6) is 0 Å². The summed E-state index contributed by atoms with van der Waals surface area (Å²) in [6, 6.07) is -2.73. The number of hydrogen-bond donors (Lipinski definition) is 6. The maximum atomic E-state index is 13.0. The Morgan fingerprint density at radius 3 is 2.19 bits per heavy atom. The third kappa shape index (κ3) is 5.85. The number of primary amides is 1. The van der Waals surface area contributed by atoms with Crippen LogP contribution >= 0.6 is 0 Å². The Labute approximate surface area is 184 Å². The fraction of sp³-hybridized carbons (Fsp3) is 0.737. The number of rotatable bonds is 8. The second-order valence-corrected chi connectivity index (χ2v) is 8.29. The molecule has 2 saturated heterocycles. The number of nitrogens with one attached hydrogen (secondary N) is 2. The van der Waals surface area contributed by atoms with Crippen LogP contribution in [0.4, 0.5) is 4.79 Å². The van der Waals surface area contributed by atoms with Gasteiger partial charge in [0, 0.05) is 19.6 Å². The minimum absolute atomic E-state index is 0.113. The zero-order valence-electron chi connectivity index (χ0n) is 18.1. The number of likely N-dealkylation sites (tertiary alicyclic amines) is 2. The quantitative estimate of drug-likeness (QED) is 0.224. The number of amides is 5. The van der Waals surface area contributed by atoms with E-state index < -0.39 is 60.1 Å². The highest BCUT2D eigenvalue weighted by atomic mass is 16.4. The van der Waals surface area contributed by atoms with Crippen LogP contribution in [0, 0.1) is 5.92 Å². The molecule has 13 heteroatoms. The molecule has 0 aromatic heterocycles. The molecule has 32 heavy (non-hydrogen) atoms. The lowest BCUT2D eigenvalue weighted by atomic mass is 10.1. The monoisotopic (exact) mass is 457 g/mol.